The molecule has 0 spiro atoms. The van der Waals surface area contributed by atoms with Crippen LogP contribution in [0.1, 0.15) is 30.1 Å². The number of carbonyl (C=O) groups is 1. The smallest absolute Gasteiger partial charge is 0.251 e. The van der Waals surface area contributed by atoms with Crippen molar-refractivity contribution in [3.63, 3.8) is 0 Å². The Kier molecular flexibility index (Phi) is 3.54. The fraction of sp³-hybridized carbons (Fsp3) is 0.462. The minimum atomic E-state index is -0.776. The van der Waals surface area contributed by atoms with Gasteiger partial charge in [0.05, 0.1) is 5.60 Å². The summed E-state index contributed by atoms with van der Waals surface area (Å²) in [4.78, 5) is 11.8. The van der Waals surface area contributed by atoms with Gasteiger partial charge in [-0.15, -0.1) is 0 Å². The van der Waals surface area contributed by atoms with E-state index in [0.29, 0.717) is 18.0 Å². The lowest BCUT2D eigenvalue weighted by molar-refractivity contribution is 0.0354. The van der Waals surface area contributed by atoms with E-state index in [0.717, 1.165) is 17.3 Å². The molecule has 2 N–H and O–H groups in total. The van der Waals surface area contributed by atoms with E-state index in [4.69, 9.17) is 0 Å². The molecule has 1 saturated carbocycles. The van der Waals surface area contributed by atoms with Gasteiger partial charge in [-0.25, -0.2) is 0 Å². The van der Waals surface area contributed by atoms with E-state index in [1.165, 1.54) is 0 Å². The Morgan fingerprint density at radius 1 is 1.59 bits per heavy atom. The van der Waals surface area contributed by atoms with Crippen molar-refractivity contribution < 1.29 is 9.90 Å². The highest BCUT2D eigenvalue weighted by Gasteiger charge is 2.39. The second-order valence-corrected chi connectivity index (χ2v) is 5.74. The van der Waals surface area contributed by atoms with Crippen LogP contribution in [-0.4, -0.2) is 23.2 Å². The van der Waals surface area contributed by atoms with Gasteiger partial charge in [0.1, 0.15) is 0 Å². The molecule has 0 aromatic heterocycles. The summed E-state index contributed by atoms with van der Waals surface area (Å²) in [5.41, 5.74) is -0.173. The van der Waals surface area contributed by atoms with Gasteiger partial charge >= 0.3 is 0 Å². The molecule has 0 radical (unpaired) electrons. The number of nitrogens with one attached hydrogen (secondary N) is 1. The topological polar surface area (TPSA) is 49.3 Å². The van der Waals surface area contributed by atoms with E-state index in [1.807, 2.05) is 12.1 Å². The number of hydrogen-bond donors (Lipinski definition) is 2. The van der Waals surface area contributed by atoms with Gasteiger partial charge in [-0.1, -0.05) is 22.0 Å². The second-order valence-electron chi connectivity index (χ2n) is 4.82. The highest BCUT2D eigenvalue weighted by atomic mass is 79.9. The highest BCUT2D eigenvalue weighted by Crippen LogP contribution is 2.39. The summed E-state index contributed by atoms with van der Waals surface area (Å²) in [5, 5.41) is 12.9. The van der Waals surface area contributed by atoms with Gasteiger partial charge in [-0.05, 0) is 43.9 Å². The maximum absolute atomic E-state index is 11.8. The molecule has 1 aromatic carbocycles. The van der Waals surface area contributed by atoms with Crippen molar-refractivity contribution in [2.24, 2.45) is 5.92 Å². The largest absolute Gasteiger partial charge is 0.388 e. The summed E-state index contributed by atoms with van der Waals surface area (Å²) in [7, 11) is 0. The molecule has 0 aliphatic heterocycles. The Bertz CT molecular complexity index is 427. The number of hydrogen-bond acceptors (Lipinski definition) is 2. The molecule has 1 aliphatic rings. The summed E-state index contributed by atoms with van der Waals surface area (Å²) in [6.07, 6.45) is 2.11. The second kappa shape index (κ2) is 4.78. The zero-order valence-electron chi connectivity index (χ0n) is 9.74. The van der Waals surface area contributed by atoms with Gasteiger partial charge in [0.2, 0.25) is 0 Å². The van der Waals surface area contributed by atoms with Gasteiger partial charge in [0.25, 0.3) is 5.91 Å². The first-order valence-electron chi connectivity index (χ1n) is 5.75. The lowest BCUT2D eigenvalue weighted by Crippen LogP contribution is -2.42. The third-order valence-corrected chi connectivity index (χ3v) is 3.64. The summed E-state index contributed by atoms with van der Waals surface area (Å²) in [6.45, 7) is 2.09. The van der Waals surface area contributed by atoms with Crippen molar-refractivity contribution in [1.82, 2.24) is 5.32 Å². The number of carbonyl (C=O) groups excluding carboxylic acids is 1. The highest BCUT2D eigenvalue weighted by molar-refractivity contribution is 9.10. The predicted octanol–water partition coefficient (Wildman–Crippen LogP) is 2.34. The number of aliphatic hydroxyl groups is 1. The quantitative estimate of drug-likeness (QED) is 0.896. The first-order valence-corrected chi connectivity index (χ1v) is 6.54. The first kappa shape index (κ1) is 12.6. The molecular formula is C13H16BrNO2. The maximum Gasteiger partial charge on any atom is 0.251 e. The van der Waals surface area contributed by atoms with Crippen molar-refractivity contribution in [2.75, 3.05) is 6.54 Å². The Morgan fingerprint density at radius 2 is 2.29 bits per heavy atom. The Hall–Kier alpha value is -0.870. The van der Waals surface area contributed by atoms with Crippen LogP contribution < -0.4 is 5.32 Å². The molecule has 1 amide bonds. The molecule has 0 bridgehead atoms. The van der Waals surface area contributed by atoms with Crippen LogP contribution in [0.2, 0.25) is 0 Å². The van der Waals surface area contributed by atoms with Crippen molar-refractivity contribution in [2.45, 2.75) is 25.4 Å². The van der Waals surface area contributed by atoms with Crippen LogP contribution in [0.4, 0.5) is 0 Å². The zero-order valence-corrected chi connectivity index (χ0v) is 11.3. The summed E-state index contributed by atoms with van der Waals surface area (Å²) >= 11 is 3.32. The van der Waals surface area contributed by atoms with Gasteiger partial charge in [0.15, 0.2) is 0 Å². The minimum absolute atomic E-state index is 0.146. The van der Waals surface area contributed by atoms with Gasteiger partial charge in [0, 0.05) is 16.6 Å². The van der Waals surface area contributed by atoms with E-state index in [-0.39, 0.29) is 5.91 Å². The molecule has 3 nitrogen and oxygen atoms in total. The first-order chi connectivity index (χ1) is 7.99. The van der Waals surface area contributed by atoms with E-state index in [2.05, 4.69) is 21.2 Å². The molecule has 2 rings (SSSR count). The molecule has 1 atom stereocenters. The zero-order chi connectivity index (χ0) is 12.5. The Balaban J connectivity index is 1.93. The predicted molar refractivity (Wildman–Crippen MR) is 69.8 cm³/mol. The fourth-order valence-electron chi connectivity index (χ4n) is 1.84. The fourth-order valence-corrected chi connectivity index (χ4v) is 2.24. The molecular weight excluding hydrogens is 282 g/mol. The standard InChI is InChI=1S/C13H16BrNO2/c1-13(17,10-5-6-10)8-15-12(16)9-3-2-4-11(14)7-9/h2-4,7,10,17H,5-6,8H2,1H3,(H,15,16). The van der Waals surface area contributed by atoms with Gasteiger partial charge < -0.3 is 10.4 Å². The van der Waals surface area contributed by atoms with Crippen LogP contribution in [0.3, 0.4) is 0 Å². The van der Waals surface area contributed by atoms with Crippen LogP contribution in [0.5, 0.6) is 0 Å². The number of benzene rings is 1. The normalized spacial score (nSPS) is 18.5. The van der Waals surface area contributed by atoms with Crippen LogP contribution in [-0.2, 0) is 0 Å². The number of rotatable bonds is 4. The van der Waals surface area contributed by atoms with E-state index >= 15 is 0 Å². The number of amides is 1. The molecule has 1 unspecified atom stereocenters. The third kappa shape index (κ3) is 3.30. The minimum Gasteiger partial charge on any atom is -0.388 e. The van der Waals surface area contributed by atoms with Crippen LogP contribution in [0.25, 0.3) is 0 Å². The molecule has 17 heavy (non-hydrogen) atoms. The van der Waals surface area contributed by atoms with Crippen LogP contribution >= 0.6 is 15.9 Å². The molecule has 4 heteroatoms. The lowest BCUT2D eigenvalue weighted by Gasteiger charge is -2.23. The molecule has 1 aliphatic carbocycles. The molecule has 1 fully saturated rings. The number of halogens is 1. The van der Waals surface area contributed by atoms with E-state index < -0.39 is 5.60 Å². The van der Waals surface area contributed by atoms with Crippen molar-refractivity contribution in [3.05, 3.63) is 34.3 Å². The molecule has 1 aromatic rings. The van der Waals surface area contributed by atoms with Crippen molar-refractivity contribution in [3.8, 4) is 0 Å². The molecule has 0 heterocycles. The summed E-state index contributed by atoms with van der Waals surface area (Å²) in [6, 6.07) is 7.21. The van der Waals surface area contributed by atoms with E-state index in [9.17, 15) is 9.90 Å². The van der Waals surface area contributed by atoms with Crippen LogP contribution in [0, 0.1) is 5.92 Å². The van der Waals surface area contributed by atoms with Gasteiger partial charge in [-0.3, -0.25) is 4.79 Å². The molecule has 0 saturated heterocycles. The van der Waals surface area contributed by atoms with Crippen molar-refractivity contribution in [1.29, 1.82) is 0 Å². The van der Waals surface area contributed by atoms with Gasteiger partial charge in [-0.2, -0.15) is 0 Å². The van der Waals surface area contributed by atoms with Crippen LogP contribution in [0.15, 0.2) is 28.7 Å². The Morgan fingerprint density at radius 3 is 2.88 bits per heavy atom. The summed E-state index contributed by atoms with van der Waals surface area (Å²) < 4.78 is 0.874. The monoisotopic (exact) mass is 297 g/mol. The van der Waals surface area contributed by atoms with Crippen molar-refractivity contribution >= 4 is 21.8 Å². The summed E-state index contributed by atoms with van der Waals surface area (Å²) in [5.74, 6) is 0.192. The maximum atomic E-state index is 11.8. The van der Waals surface area contributed by atoms with E-state index in [1.54, 1.807) is 19.1 Å². The Labute approximate surface area is 109 Å². The third-order valence-electron chi connectivity index (χ3n) is 3.15. The average molecular weight is 298 g/mol. The molecule has 92 valence electrons. The lowest BCUT2D eigenvalue weighted by atomic mass is 10.0. The SMILES string of the molecule is CC(O)(CNC(=O)c1cccc(Br)c1)C1CC1. The average Bonchev–Trinajstić information content (AvgIpc) is 3.10.